The lowest BCUT2D eigenvalue weighted by molar-refractivity contribution is 0.630. The summed E-state index contributed by atoms with van der Waals surface area (Å²) in [6.07, 6.45) is 6.73. The zero-order chi connectivity index (χ0) is 38.9. The number of hydrogen-bond acceptors (Lipinski definition) is 1. The average molecular weight is 745 g/mol. The van der Waals surface area contributed by atoms with E-state index in [9.17, 15) is 0 Å². The second kappa shape index (κ2) is 11.9. The van der Waals surface area contributed by atoms with Crippen LogP contribution in [0.4, 0.5) is 17.1 Å². The molecule has 1 aromatic heterocycles. The fraction of sp³-hybridized carbons (Fsp3) is 0.143. The molecule has 278 valence electrons. The predicted molar refractivity (Wildman–Crippen MR) is 245 cm³/mol. The van der Waals surface area contributed by atoms with Gasteiger partial charge >= 0.3 is 0 Å². The van der Waals surface area contributed by atoms with Crippen LogP contribution in [-0.4, -0.2) is 4.57 Å². The predicted octanol–water partition coefficient (Wildman–Crippen LogP) is 15.0. The maximum Gasteiger partial charge on any atom is 0.0582 e. The number of aryl methyl sites for hydroxylation is 1. The van der Waals surface area contributed by atoms with Crippen LogP contribution in [-0.2, 0) is 17.3 Å². The Kier molecular flexibility index (Phi) is 6.90. The van der Waals surface area contributed by atoms with Gasteiger partial charge < -0.3 is 9.47 Å². The Morgan fingerprint density at radius 2 is 1.17 bits per heavy atom. The smallest absolute Gasteiger partial charge is 0.0582 e. The van der Waals surface area contributed by atoms with Gasteiger partial charge in [0.05, 0.1) is 16.7 Å². The van der Waals surface area contributed by atoms with Crippen LogP contribution in [0.2, 0.25) is 0 Å². The minimum Gasteiger partial charge on any atom is -0.310 e. The van der Waals surface area contributed by atoms with Crippen LogP contribution >= 0.6 is 0 Å². The van der Waals surface area contributed by atoms with Gasteiger partial charge in [0.2, 0.25) is 0 Å². The van der Waals surface area contributed by atoms with Crippen LogP contribution < -0.4 is 4.90 Å². The molecule has 0 fully saturated rings. The van der Waals surface area contributed by atoms with Gasteiger partial charge in [-0.2, -0.15) is 0 Å². The minimum absolute atomic E-state index is 0.0750. The number of benzene rings is 8. The second-order valence-electron chi connectivity index (χ2n) is 17.7. The highest BCUT2D eigenvalue weighted by molar-refractivity contribution is 6.12. The van der Waals surface area contributed by atoms with E-state index < -0.39 is 0 Å². The van der Waals surface area contributed by atoms with Crippen LogP contribution in [0.25, 0.3) is 66.6 Å². The summed E-state index contributed by atoms with van der Waals surface area (Å²) in [4.78, 5) is 2.46. The molecule has 12 rings (SSSR count). The molecule has 8 aromatic carbocycles. The van der Waals surface area contributed by atoms with E-state index in [4.69, 9.17) is 0 Å². The molecule has 0 unspecified atom stereocenters. The molecule has 0 bridgehead atoms. The Bertz CT molecular complexity index is 3240. The Labute approximate surface area is 340 Å². The molecule has 0 spiro atoms. The summed E-state index contributed by atoms with van der Waals surface area (Å²) in [7, 11) is 0. The molecule has 2 nitrogen and oxygen atoms in total. The Hall–Kier alpha value is -6.64. The van der Waals surface area contributed by atoms with E-state index in [1.54, 1.807) is 0 Å². The van der Waals surface area contributed by atoms with E-state index in [-0.39, 0.29) is 10.8 Å². The number of anilines is 3. The SMILES string of the molecule is CC1(C)c2cc(-c3ccc4c(c3)c3cccc5c3n4-c3ccccc3C5(C)C)ccc2-c2ccc(N(c3ccc4c(c3)CCC=C4)c3ccc4ccccc4c3)cc21. The minimum atomic E-state index is -0.185. The number of hydrogen-bond donors (Lipinski definition) is 0. The van der Waals surface area contributed by atoms with E-state index >= 15 is 0 Å². The molecule has 2 heteroatoms. The molecular formula is C56H44N2. The van der Waals surface area contributed by atoms with Crippen molar-refractivity contribution in [2.75, 3.05) is 4.90 Å². The Balaban J connectivity index is 0.970. The molecule has 0 saturated carbocycles. The molecule has 0 N–H and O–H groups in total. The van der Waals surface area contributed by atoms with Gasteiger partial charge in [-0.25, -0.2) is 0 Å². The monoisotopic (exact) mass is 744 g/mol. The van der Waals surface area contributed by atoms with Crippen molar-refractivity contribution in [2.24, 2.45) is 0 Å². The second-order valence-corrected chi connectivity index (χ2v) is 17.7. The Morgan fingerprint density at radius 1 is 0.500 bits per heavy atom. The highest BCUT2D eigenvalue weighted by Gasteiger charge is 2.37. The van der Waals surface area contributed by atoms with Crippen LogP contribution in [0.15, 0.2) is 164 Å². The van der Waals surface area contributed by atoms with Gasteiger partial charge in [-0.15, -0.1) is 0 Å². The van der Waals surface area contributed by atoms with Crippen LogP contribution in [0.3, 0.4) is 0 Å². The molecular weight excluding hydrogens is 701 g/mol. The van der Waals surface area contributed by atoms with Gasteiger partial charge in [-0.3, -0.25) is 0 Å². The lowest BCUT2D eigenvalue weighted by Gasteiger charge is -2.34. The number of para-hydroxylation sites is 2. The van der Waals surface area contributed by atoms with Gasteiger partial charge in [0, 0.05) is 38.7 Å². The average Bonchev–Trinajstić information content (AvgIpc) is 3.70. The first-order valence-corrected chi connectivity index (χ1v) is 20.8. The van der Waals surface area contributed by atoms with Crippen LogP contribution in [0, 0.1) is 0 Å². The number of allylic oxidation sites excluding steroid dienone is 1. The molecule has 2 heterocycles. The first-order valence-electron chi connectivity index (χ1n) is 20.8. The van der Waals surface area contributed by atoms with Crippen molar-refractivity contribution in [1.82, 2.24) is 4.57 Å². The molecule has 3 aliphatic rings. The summed E-state index contributed by atoms with van der Waals surface area (Å²) < 4.78 is 2.51. The van der Waals surface area contributed by atoms with Crippen molar-refractivity contribution in [3.63, 3.8) is 0 Å². The van der Waals surface area contributed by atoms with Crippen LogP contribution in [0.5, 0.6) is 0 Å². The summed E-state index contributed by atoms with van der Waals surface area (Å²) in [6.45, 7) is 9.55. The summed E-state index contributed by atoms with van der Waals surface area (Å²) in [5.74, 6) is 0. The van der Waals surface area contributed by atoms with Crippen molar-refractivity contribution >= 4 is 55.7 Å². The van der Waals surface area contributed by atoms with Gasteiger partial charge in [0.15, 0.2) is 0 Å². The van der Waals surface area contributed by atoms with E-state index in [1.165, 1.54) is 111 Å². The van der Waals surface area contributed by atoms with E-state index in [1.807, 2.05) is 0 Å². The third-order valence-electron chi connectivity index (χ3n) is 13.8. The number of aromatic nitrogens is 1. The molecule has 1 aliphatic heterocycles. The van der Waals surface area contributed by atoms with Crippen molar-refractivity contribution in [3.05, 3.63) is 197 Å². The number of rotatable bonds is 4. The van der Waals surface area contributed by atoms with E-state index in [0.29, 0.717) is 0 Å². The molecule has 2 aliphatic carbocycles. The third-order valence-corrected chi connectivity index (χ3v) is 13.8. The molecule has 0 saturated heterocycles. The topological polar surface area (TPSA) is 8.17 Å². The molecule has 0 amide bonds. The summed E-state index contributed by atoms with van der Waals surface area (Å²) in [5.41, 5.74) is 20.6. The molecule has 0 atom stereocenters. The van der Waals surface area contributed by atoms with Crippen LogP contribution in [0.1, 0.15) is 67.5 Å². The standard InChI is InChI=1S/C56H44N2/c1-55(2)48-17-9-10-19-53(48)58-52-29-23-39(32-47(52)46-16-11-18-49(55)54(46)58)40-22-27-44-45-28-26-43(34-51(45)56(3,4)50(44)33-40)57(41-24-20-35-12-5-7-14-37(35)30-41)42-25-21-36-13-6-8-15-38(36)31-42/h5-7,9-14,16-34H,8,15H2,1-4H3. The maximum atomic E-state index is 2.51. The first-order chi connectivity index (χ1) is 28.3. The van der Waals surface area contributed by atoms with Gasteiger partial charge in [0.1, 0.15) is 0 Å². The lowest BCUT2D eigenvalue weighted by atomic mass is 9.75. The van der Waals surface area contributed by atoms with Gasteiger partial charge in [0.25, 0.3) is 0 Å². The largest absolute Gasteiger partial charge is 0.310 e. The highest BCUT2D eigenvalue weighted by atomic mass is 15.1. The maximum absolute atomic E-state index is 2.51. The quantitative estimate of drug-likeness (QED) is 0.174. The normalized spacial score (nSPS) is 15.3. The van der Waals surface area contributed by atoms with E-state index in [2.05, 4.69) is 207 Å². The fourth-order valence-corrected chi connectivity index (χ4v) is 10.7. The Morgan fingerprint density at radius 3 is 2.07 bits per heavy atom. The van der Waals surface area contributed by atoms with Gasteiger partial charge in [-0.05, 0) is 140 Å². The summed E-state index contributed by atoms with van der Waals surface area (Å²) in [6, 6.07) is 59.8. The molecule has 0 radical (unpaired) electrons. The summed E-state index contributed by atoms with van der Waals surface area (Å²) in [5, 5.41) is 5.13. The lowest BCUT2D eigenvalue weighted by Crippen LogP contribution is -2.26. The van der Waals surface area contributed by atoms with E-state index in [0.717, 1.165) is 12.8 Å². The third kappa shape index (κ3) is 4.66. The van der Waals surface area contributed by atoms with Crippen molar-refractivity contribution < 1.29 is 0 Å². The highest BCUT2D eigenvalue weighted by Crippen LogP contribution is 2.53. The zero-order valence-corrected chi connectivity index (χ0v) is 33.5. The molecule has 9 aromatic rings. The zero-order valence-electron chi connectivity index (χ0n) is 33.5. The summed E-state index contributed by atoms with van der Waals surface area (Å²) >= 11 is 0. The van der Waals surface area contributed by atoms with Crippen molar-refractivity contribution in [3.8, 4) is 27.9 Å². The van der Waals surface area contributed by atoms with Crippen molar-refractivity contribution in [2.45, 2.75) is 51.4 Å². The first kappa shape index (κ1) is 33.5. The number of fused-ring (bicyclic) bond motifs is 10. The molecule has 58 heavy (non-hydrogen) atoms. The van der Waals surface area contributed by atoms with Crippen molar-refractivity contribution in [1.29, 1.82) is 0 Å². The van der Waals surface area contributed by atoms with Gasteiger partial charge in [-0.1, -0.05) is 137 Å². The number of nitrogens with zero attached hydrogens (tertiary/aromatic N) is 2. The fourth-order valence-electron chi connectivity index (χ4n) is 10.7.